The van der Waals surface area contributed by atoms with Crippen LogP contribution in [0, 0.1) is 0 Å². The van der Waals surface area contributed by atoms with Crippen molar-refractivity contribution in [3.8, 4) is 23.1 Å². The summed E-state index contributed by atoms with van der Waals surface area (Å²) in [6, 6.07) is 6.78. The molecule has 3 rings (SSSR count). The molecule has 0 unspecified atom stereocenters. The van der Waals surface area contributed by atoms with E-state index in [4.69, 9.17) is 9.84 Å². The Morgan fingerprint density at radius 1 is 1.23 bits per heavy atom. The number of aromatic nitrogens is 5. The van der Waals surface area contributed by atoms with Crippen molar-refractivity contribution in [3.63, 3.8) is 0 Å². The molecule has 3 heterocycles. The second-order valence-electron chi connectivity index (χ2n) is 4.26. The number of methoxy groups -OCH3 is 1. The first-order valence-corrected chi connectivity index (χ1v) is 6.30. The Bertz CT molecular complexity index is 799. The molecule has 0 radical (unpaired) electrons. The zero-order chi connectivity index (χ0) is 15.5. The van der Waals surface area contributed by atoms with Gasteiger partial charge in [0.2, 0.25) is 5.88 Å². The van der Waals surface area contributed by atoms with Gasteiger partial charge in [-0.15, -0.1) is 0 Å². The molecule has 0 saturated heterocycles. The van der Waals surface area contributed by atoms with E-state index in [-0.39, 0.29) is 5.69 Å². The van der Waals surface area contributed by atoms with Gasteiger partial charge in [0.25, 0.3) is 0 Å². The van der Waals surface area contributed by atoms with Crippen molar-refractivity contribution in [2.45, 2.75) is 0 Å². The van der Waals surface area contributed by atoms with E-state index in [9.17, 15) is 4.79 Å². The minimum atomic E-state index is -1.13. The van der Waals surface area contributed by atoms with E-state index < -0.39 is 5.97 Å². The molecule has 110 valence electrons. The van der Waals surface area contributed by atoms with E-state index in [1.54, 1.807) is 24.4 Å². The molecule has 0 fully saturated rings. The van der Waals surface area contributed by atoms with E-state index in [0.29, 0.717) is 23.1 Å². The van der Waals surface area contributed by atoms with Gasteiger partial charge in [0.1, 0.15) is 0 Å². The average Bonchev–Trinajstić information content (AvgIpc) is 3.01. The van der Waals surface area contributed by atoms with Crippen LogP contribution >= 0.6 is 0 Å². The van der Waals surface area contributed by atoms with Gasteiger partial charge < -0.3 is 9.84 Å². The second-order valence-corrected chi connectivity index (χ2v) is 4.26. The van der Waals surface area contributed by atoms with Crippen molar-refractivity contribution in [1.29, 1.82) is 0 Å². The molecule has 0 saturated carbocycles. The summed E-state index contributed by atoms with van der Waals surface area (Å²) >= 11 is 0. The number of ether oxygens (including phenoxy) is 1. The van der Waals surface area contributed by atoms with Crippen molar-refractivity contribution < 1.29 is 14.6 Å². The molecule has 0 aliphatic carbocycles. The molecule has 0 spiro atoms. The van der Waals surface area contributed by atoms with Gasteiger partial charge in [-0.2, -0.15) is 5.10 Å². The Morgan fingerprint density at radius 2 is 2.09 bits per heavy atom. The Morgan fingerprint density at radius 3 is 2.68 bits per heavy atom. The summed E-state index contributed by atoms with van der Waals surface area (Å²) in [6.07, 6.45) is 4.50. The molecule has 3 aromatic heterocycles. The summed E-state index contributed by atoms with van der Waals surface area (Å²) < 4.78 is 6.34. The van der Waals surface area contributed by atoms with Gasteiger partial charge in [0.15, 0.2) is 11.5 Å². The van der Waals surface area contributed by atoms with Gasteiger partial charge in [-0.3, -0.25) is 4.98 Å². The van der Waals surface area contributed by atoms with Gasteiger partial charge in [0.05, 0.1) is 30.9 Å². The third-order valence-corrected chi connectivity index (χ3v) is 2.90. The molecule has 3 aromatic rings. The van der Waals surface area contributed by atoms with Gasteiger partial charge in [0, 0.05) is 12.3 Å². The number of aromatic carboxylic acids is 1. The maximum Gasteiger partial charge on any atom is 0.356 e. The predicted octanol–water partition coefficient (Wildman–Crippen LogP) is 1.43. The summed E-state index contributed by atoms with van der Waals surface area (Å²) in [7, 11) is 1.49. The van der Waals surface area contributed by atoms with Crippen LogP contribution in [0.1, 0.15) is 10.5 Å². The monoisotopic (exact) mass is 297 g/mol. The maximum atomic E-state index is 11.2. The van der Waals surface area contributed by atoms with E-state index in [1.165, 1.54) is 30.3 Å². The normalized spacial score (nSPS) is 10.4. The van der Waals surface area contributed by atoms with E-state index in [0.717, 1.165) is 0 Å². The Hall–Kier alpha value is -3.29. The fraction of sp³-hybridized carbons (Fsp3) is 0.0714. The zero-order valence-corrected chi connectivity index (χ0v) is 11.5. The highest BCUT2D eigenvalue weighted by molar-refractivity contribution is 5.87. The Balaban J connectivity index is 2.14. The quantitative estimate of drug-likeness (QED) is 0.776. The number of carbonyl (C=O) groups is 1. The number of carboxylic acids is 1. The number of pyridine rings is 1. The third kappa shape index (κ3) is 2.49. The van der Waals surface area contributed by atoms with Crippen LogP contribution in [0.4, 0.5) is 0 Å². The first-order valence-electron chi connectivity index (χ1n) is 6.30. The third-order valence-electron chi connectivity index (χ3n) is 2.90. The first-order chi connectivity index (χ1) is 10.7. The number of carboxylic acid groups (broad SMARTS) is 1. The maximum absolute atomic E-state index is 11.2. The summed E-state index contributed by atoms with van der Waals surface area (Å²) in [5, 5.41) is 13.2. The minimum absolute atomic E-state index is 0.0988. The molecule has 0 amide bonds. The van der Waals surface area contributed by atoms with Crippen LogP contribution in [0.5, 0.6) is 5.88 Å². The molecular weight excluding hydrogens is 286 g/mol. The highest BCUT2D eigenvalue weighted by Gasteiger charge is 2.17. The molecule has 0 aliphatic rings. The van der Waals surface area contributed by atoms with Crippen molar-refractivity contribution in [2.24, 2.45) is 0 Å². The number of nitrogens with zero attached hydrogens (tertiary/aromatic N) is 5. The van der Waals surface area contributed by atoms with E-state index in [1.807, 2.05) is 0 Å². The molecule has 0 aromatic carbocycles. The Kier molecular flexibility index (Phi) is 3.48. The fourth-order valence-electron chi connectivity index (χ4n) is 1.88. The lowest BCUT2D eigenvalue weighted by molar-refractivity contribution is 0.0690. The molecule has 8 heteroatoms. The van der Waals surface area contributed by atoms with Crippen molar-refractivity contribution in [1.82, 2.24) is 24.7 Å². The van der Waals surface area contributed by atoms with E-state index >= 15 is 0 Å². The van der Waals surface area contributed by atoms with Crippen LogP contribution in [-0.2, 0) is 0 Å². The summed E-state index contributed by atoms with van der Waals surface area (Å²) in [6.45, 7) is 0. The van der Waals surface area contributed by atoms with Crippen LogP contribution in [0.2, 0.25) is 0 Å². The minimum Gasteiger partial charge on any atom is -0.480 e. The van der Waals surface area contributed by atoms with Gasteiger partial charge in [-0.25, -0.2) is 19.4 Å². The van der Waals surface area contributed by atoms with E-state index in [2.05, 4.69) is 20.1 Å². The molecule has 22 heavy (non-hydrogen) atoms. The average molecular weight is 297 g/mol. The summed E-state index contributed by atoms with van der Waals surface area (Å²) in [5.41, 5.74) is 0.996. The molecule has 0 aliphatic heterocycles. The smallest absolute Gasteiger partial charge is 0.356 e. The van der Waals surface area contributed by atoms with Crippen LogP contribution in [0.3, 0.4) is 0 Å². The molecule has 0 bridgehead atoms. The molecule has 0 atom stereocenters. The summed E-state index contributed by atoms with van der Waals surface area (Å²) in [4.78, 5) is 23.6. The van der Waals surface area contributed by atoms with Crippen molar-refractivity contribution in [3.05, 3.63) is 48.5 Å². The number of hydrogen-bond donors (Lipinski definition) is 1. The summed E-state index contributed by atoms with van der Waals surface area (Å²) in [5.74, 6) is -0.403. The van der Waals surface area contributed by atoms with Gasteiger partial charge in [-0.1, -0.05) is 6.07 Å². The Labute approximate surface area is 125 Å². The topological polar surface area (TPSA) is 103 Å². The van der Waals surface area contributed by atoms with Crippen molar-refractivity contribution in [2.75, 3.05) is 7.11 Å². The van der Waals surface area contributed by atoms with Gasteiger partial charge in [-0.05, 0) is 12.1 Å². The lowest BCUT2D eigenvalue weighted by Crippen LogP contribution is -2.05. The zero-order valence-electron chi connectivity index (χ0n) is 11.5. The van der Waals surface area contributed by atoms with Gasteiger partial charge >= 0.3 is 5.97 Å². The highest BCUT2D eigenvalue weighted by atomic mass is 16.5. The largest absolute Gasteiger partial charge is 0.480 e. The van der Waals surface area contributed by atoms with Crippen LogP contribution < -0.4 is 4.74 Å². The number of rotatable bonds is 4. The lowest BCUT2D eigenvalue weighted by Gasteiger charge is -2.06. The predicted molar refractivity (Wildman–Crippen MR) is 75.9 cm³/mol. The standard InChI is InChI=1S/C14H11N5O3/c1-22-13-8-16-12(7-17-13)19-11(6-10(18-19)14(20)21)9-4-2-3-5-15-9/h2-8H,1H3,(H,20,21). The highest BCUT2D eigenvalue weighted by Crippen LogP contribution is 2.21. The lowest BCUT2D eigenvalue weighted by atomic mass is 10.2. The molecular formula is C14H11N5O3. The van der Waals surface area contributed by atoms with Crippen molar-refractivity contribution >= 4 is 5.97 Å². The first kappa shape index (κ1) is 13.7. The molecule has 8 nitrogen and oxygen atoms in total. The fourth-order valence-corrected chi connectivity index (χ4v) is 1.88. The molecule has 1 N–H and O–H groups in total. The number of hydrogen-bond acceptors (Lipinski definition) is 6. The van der Waals surface area contributed by atoms with Crippen LogP contribution in [0.25, 0.3) is 17.2 Å². The van der Waals surface area contributed by atoms with Crippen LogP contribution in [-0.4, -0.2) is 42.9 Å². The van der Waals surface area contributed by atoms with Crippen LogP contribution in [0.15, 0.2) is 42.9 Å². The SMILES string of the molecule is COc1cnc(-n2nc(C(=O)O)cc2-c2ccccn2)cn1. The second kappa shape index (κ2) is 5.60.